The van der Waals surface area contributed by atoms with Crippen LogP contribution >= 0.6 is 0 Å². The highest BCUT2D eigenvalue weighted by Crippen LogP contribution is 2.35. The molecule has 1 aromatic carbocycles. The molecule has 0 aliphatic heterocycles. The first kappa shape index (κ1) is 16.5. The summed E-state index contributed by atoms with van der Waals surface area (Å²) in [6, 6.07) is 6.15. The lowest BCUT2D eigenvalue weighted by Gasteiger charge is -2.26. The molecular weight excluding hydrogens is 248 g/mol. The summed E-state index contributed by atoms with van der Waals surface area (Å²) in [7, 11) is 0. The molecule has 110 valence electrons. The standard InChI is InChI=1S/C18H26O2/c1-6-9-10-14-11-12-16(20-17(19)7-2)15(13-14)18(4,5)8-3/h7,11-13H,2,6,8-10H2,1,3-5H3. The Balaban J connectivity index is 3.16. The summed E-state index contributed by atoms with van der Waals surface area (Å²) >= 11 is 0. The van der Waals surface area contributed by atoms with Gasteiger partial charge in [-0.2, -0.15) is 0 Å². The van der Waals surface area contributed by atoms with Crippen molar-refractivity contribution in [1.29, 1.82) is 0 Å². The van der Waals surface area contributed by atoms with Crippen LogP contribution in [0.25, 0.3) is 0 Å². The molecule has 0 aliphatic carbocycles. The quantitative estimate of drug-likeness (QED) is 0.405. The van der Waals surface area contributed by atoms with Gasteiger partial charge in [0.25, 0.3) is 0 Å². The zero-order valence-electron chi connectivity index (χ0n) is 13.2. The van der Waals surface area contributed by atoms with E-state index >= 15 is 0 Å². The highest BCUT2D eigenvalue weighted by atomic mass is 16.5. The fraction of sp³-hybridized carbons (Fsp3) is 0.500. The molecule has 0 saturated carbocycles. The first-order valence-corrected chi connectivity index (χ1v) is 7.42. The Labute approximate surface area is 122 Å². The first-order valence-electron chi connectivity index (χ1n) is 7.42. The van der Waals surface area contributed by atoms with Crippen LogP contribution in [0.2, 0.25) is 0 Å². The molecule has 0 aliphatic rings. The minimum atomic E-state index is -0.403. The predicted molar refractivity (Wildman–Crippen MR) is 84.2 cm³/mol. The number of carbonyl (C=O) groups is 1. The van der Waals surface area contributed by atoms with Gasteiger partial charge in [-0.05, 0) is 36.3 Å². The van der Waals surface area contributed by atoms with Gasteiger partial charge in [-0.3, -0.25) is 0 Å². The molecule has 1 rings (SSSR count). The van der Waals surface area contributed by atoms with Gasteiger partial charge in [-0.1, -0.05) is 52.8 Å². The smallest absolute Gasteiger partial charge is 0.335 e. The van der Waals surface area contributed by atoms with Crippen molar-refractivity contribution in [3.05, 3.63) is 42.0 Å². The fourth-order valence-electron chi connectivity index (χ4n) is 2.07. The summed E-state index contributed by atoms with van der Waals surface area (Å²) in [5.41, 5.74) is 2.39. The summed E-state index contributed by atoms with van der Waals surface area (Å²) in [6.45, 7) is 12.2. The van der Waals surface area contributed by atoms with Crippen molar-refractivity contribution in [3.8, 4) is 5.75 Å². The van der Waals surface area contributed by atoms with E-state index in [9.17, 15) is 4.79 Å². The highest BCUT2D eigenvalue weighted by molar-refractivity contribution is 5.83. The molecule has 0 unspecified atom stereocenters. The number of unbranched alkanes of at least 4 members (excludes halogenated alkanes) is 1. The van der Waals surface area contributed by atoms with Crippen LogP contribution in [-0.2, 0) is 16.6 Å². The lowest BCUT2D eigenvalue weighted by atomic mass is 9.80. The van der Waals surface area contributed by atoms with Gasteiger partial charge >= 0.3 is 5.97 Å². The molecule has 0 amide bonds. The van der Waals surface area contributed by atoms with Crippen LogP contribution in [0.4, 0.5) is 0 Å². The highest BCUT2D eigenvalue weighted by Gasteiger charge is 2.23. The van der Waals surface area contributed by atoms with Crippen LogP contribution in [0.1, 0.15) is 58.1 Å². The average molecular weight is 274 g/mol. The average Bonchev–Trinajstić information content (AvgIpc) is 2.45. The Morgan fingerprint density at radius 1 is 1.35 bits per heavy atom. The normalized spacial score (nSPS) is 11.2. The number of hydrogen-bond acceptors (Lipinski definition) is 2. The zero-order chi connectivity index (χ0) is 15.2. The topological polar surface area (TPSA) is 26.3 Å². The largest absolute Gasteiger partial charge is 0.423 e. The number of carbonyl (C=O) groups excluding carboxylic acids is 1. The number of ether oxygens (including phenoxy) is 1. The van der Waals surface area contributed by atoms with Gasteiger partial charge in [0.2, 0.25) is 0 Å². The fourth-order valence-corrected chi connectivity index (χ4v) is 2.07. The van der Waals surface area contributed by atoms with E-state index in [1.54, 1.807) is 0 Å². The number of rotatable bonds is 7. The van der Waals surface area contributed by atoms with Crippen LogP contribution in [-0.4, -0.2) is 5.97 Å². The Hall–Kier alpha value is -1.57. The third kappa shape index (κ3) is 4.22. The van der Waals surface area contributed by atoms with Crippen molar-refractivity contribution < 1.29 is 9.53 Å². The molecule has 0 fully saturated rings. The molecule has 1 aromatic rings. The van der Waals surface area contributed by atoms with Crippen molar-refractivity contribution in [2.24, 2.45) is 0 Å². The molecule has 0 aromatic heterocycles. The summed E-state index contributed by atoms with van der Waals surface area (Å²) in [4.78, 5) is 11.5. The van der Waals surface area contributed by atoms with Crippen molar-refractivity contribution in [2.75, 3.05) is 0 Å². The minimum absolute atomic E-state index is 0.0149. The van der Waals surface area contributed by atoms with E-state index in [0.717, 1.165) is 18.4 Å². The van der Waals surface area contributed by atoms with Crippen LogP contribution < -0.4 is 4.74 Å². The third-order valence-corrected chi connectivity index (χ3v) is 3.85. The monoisotopic (exact) mass is 274 g/mol. The molecule has 0 saturated heterocycles. The number of aryl methyl sites for hydroxylation is 1. The third-order valence-electron chi connectivity index (χ3n) is 3.85. The van der Waals surface area contributed by atoms with Gasteiger partial charge < -0.3 is 4.74 Å². The van der Waals surface area contributed by atoms with Gasteiger partial charge in [-0.15, -0.1) is 0 Å². The Morgan fingerprint density at radius 3 is 2.60 bits per heavy atom. The molecule has 0 radical (unpaired) electrons. The van der Waals surface area contributed by atoms with Gasteiger partial charge in [0.1, 0.15) is 5.75 Å². The maximum Gasteiger partial charge on any atom is 0.335 e. The molecule has 0 atom stereocenters. The van der Waals surface area contributed by atoms with E-state index in [1.165, 1.54) is 24.5 Å². The van der Waals surface area contributed by atoms with E-state index in [1.807, 2.05) is 6.07 Å². The van der Waals surface area contributed by atoms with E-state index in [-0.39, 0.29) is 5.41 Å². The second kappa shape index (κ2) is 7.28. The van der Waals surface area contributed by atoms with Gasteiger partial charge in [0.05, 0.1) is 0 Å². The van der Waals surface area contributed by atoms with Gasteiger partial charge in [0.15, 0.2) is 0 Å². The summed E-state index contributed by atoms with van der Waals surface area (Å²) in [5.74, 6) is 0.251. The Kier molecular flexibility index (Phi) is 6.00. The predicted octanol–water partition coefficient (Wildman–Crippen LogP) is 4.81. The molecular formula is C18H26O2. The molecule has 0 bridgehead atoms. The molecule has 0 heterocycles. The molecule has 2 nitrogen and oxygen atoms in total. The van der Waals surface area contributed by atoms with E-state index in [0.29, 0.717) is 5.75 Å². The second-order valence-electron chi connectivity index (χ2n) is 5.80. The summed E-state index contributed by atoms with van der Waals surface area (Å²) in [5, 5.41) is 0. The lowest BCUT2D eigenvalue weighted by Crippen LogP contribution is -2.18. The molecule has 0 spiro atoms. The number of esters is 1. The first-order chi connectivity index (χ1) is 9.44. The van der Waals surface area contributed by atoms with Gasteiger partial charge in [-0.25, -0.2) is 4.79 Å². The van der Waals surface area contributed by atoms with Crippen LogP contribution in [0, 0.1) is 0 Å². The maximum atomic E-state index is 11.5. The van der Waals surface area contributed by atoms with Crippen molar-refractivity contribution >= 4 is 5.97 Å². The summed E-state index contributed by atoms with van der Waals surface area (Å²) in [6.07, 6.45) is 5.62. The SMILES string of the molecule is C=CC(=O)Oc1ccc(CCCC)cc1C(C)(C)CC. The zero-order valence-corrected chi connectivity index (χ0v) is 13.2. The van der Waals surface area contributed by atoms with Crippen molar-refractivity contribution in [3.63, 3.8) is 0 Å². The lowest BCUT2D eigenvalue weighted by molar-refractivity contribution is -0.129. The molecule has 2 heteroatoms. The molecule has 20 heavy (non-hydrogen) atoms. The van der Waals surface area contributed by atoms with Gasteiger partial charge in [0, 0.05) is 11.6 Å². The summed E-state index contributed by atoms with van der Waals surface area (Å²) < 4.78 is 5.39. The van der Waals surface area contributed by atoms with E-state index in [2.05, 4.69) is 46.4 Å². The maximum absolute atomic E-state index is 11.5. The van der Waals surface area contributed by atoms with Crippen LogP contribution in [0.3, 0.4) is 0 Å². The minimum Gasteiger partial charge on any atom is -0.423 e. The molecule has 0 N–H and O–H groups in total. The van der Waals surface area contributed by atoms with E-state index < -0.39 is 5.97 Å². The van der Waals surface area contributed by atoms with Crippen LogP contribution in [0.15, 0.2) is 30.9 Å². The number of benzene rings is 1. The second-order valence-corrected chi connectivity index (χ2v) is 5.80. The number of hydrogen-bond donors (Lipinski definition) is 0. The van der Waals surface area contributed by atoms with Crippen LogP contribution in [0.5, 0.6) is 5.75 Å². The van der Waals surface area contributed by atoms with Crippen molar-refractivity contribution in [2.45, 2.75) is 58.8 Å². The Morgan fingerprint density at radius 2 is 2.05 bits per heavy atom. The van der Waals surface area contributed by atoms with Crippen molar-refractivity contribution in [1.82, 2.24) is 0 Å². The van der Waals surface area contributed by atoms with E-state index in [4.69, 9.17) is 4.74 Å². The Bertz CT molecular complexity index is 472.